The molecule has 7 nitrogen and oxygen atoms in total. The Bertz CT molecular complexity index is 1080. The van der Waals surface area contributed by atoms with Gasteiger partial charge in [0.2, 0.25) is 0 Å². The van der Waals surface area contributed by atoms with Crippen LogP contribution in [-0.2, 0) is 9.53 Å². The van der Waals surface area contributed by atoms with Gasteiger partial charge in [-0.1, -0.05) is 43.9 Å². The Morgan fingerprint density at radius 3 is 2.81 bits per heavy atom. The summed E-state index contributed by atoms with van der Waals surface area (Å²) in [6, 6.07) is 3.74. The molecule has 2 aromatic rings. The fourth-order valence-electron chi connectivity index (χ4n) is 3.12. The molecule has 2 aromatic heterocycles. The van der Waals surface area contributed by atoms with E-state index >= 15 is 0 Å². The Morgan fingerprint density at radius 2 is 2.10 bits per heavy atom. The average molecular weight is 461 g/mol. The number of carbonyl (C=O) groups is 1. The summed E-state index contributed by atoms with van der Waals surface area (Å²) in [7, 11) is 0. The molecule has 0 bridgehead atoms. The minimum Gasteiger partial charge on any atom is -0.382 e. The van der Waals surface area contributed by atoms with Crippen LogP contribution >= 0.6 is 24.0 Å². The van der Waals surface area contributed by atoms with Crippen molar-refractivity contribution in [2.75, 3.05) is 31.6 Å². The van der Waals surface area contributed by atoms with E-state index in [0.29, 0.717) is 64.9 Å². The molecule has 1 saturated heterocycles. The monoisotopic (exact) mass is 460 g/mol. The van der Waals surface area contributed by atoms with Crippen LogP contribution in [0.15, 0.2) is 28.0 Å². The lowest BCUT2D eigenvalue weighted by atomic mass is 10.2. The van der Waals surface area contributed by atoms with E-state index in [9.17, 15) is 9.59 Å². The lowest BCUT2D eigenvalue weighted by Crippen LogP contribution is -2.29. The number of pyridine rings is 1. The van der Waals surface area contributed by atoms with Crippen molar-refractivity contribution in [3.05, 3.63) is 44.7 Å². The quantitative estimate of drug-likeness (QED) is 0.347. The predicted octanol–water partition coefficient (Wildman–Crippen LogP) is 3.70. The normalized spacial score (nSPS) is 15.6. The first kappa shape index (κ1) is 23.4. The van der Waals surface area contributed by atoms with Gasteiger partial charge in [-0.25, -0.2) is 4.98 Å². The first-order chi connectivity index (χ1) is 14.8. The third-order valence-corrected chi connectivity index (χ3v) is 6.08. The fourth-order valence-corrected chi connectivity index (χ4v) is 4.41. The first-order valence-electron chi connectivity index (χ1n) is 10.4. The molecule has 0 aromatic carbocycles. The summed E-state index contributed by atoms with van der Waals surface area (Å²) >= 11 is 6.62. The maximum absolute atomic E-state index is 13.3. The smallest absolute Gasteiger partial charge is 0.267 e. The number of anilines is 1. The van der Waals surface area contributed by atoms with Gasteiger partial charge in [0.25, 0.3) is 11.5 Å². The van der Waals surface area contributed by atoms with Gasteiger partial charge in [0.15, 0.2) is 0 Å². The minimum absolute atomic E-state index is 0.185. The fraction of sp³-hybridized carbons (Fsp3) is 0.455. The van der Waals surface area contributed by atoms with Crippen LogP contribution in [0.25, 0.3) is 11.7 Å². The molecule has 31 heavy (non-hydrogen) atoms. The summed E-state index contributed by atoms with van der Waals surface area (Å²) in [5, 5.41) is 3.27. The molecule has 1 aliphatic rings. The molecule has 0 aliphatic carbocycles. The topological polar surface area (TPSA) is 75.9 Å². The molecule has 0 unspecified atom stereocenters. The van der Waals surface area contributed by atoms with Crippen LogP contribution in [0, 0.1) is 12.8 Å². The Labute approximate surface area is 191 Å². The Hall–Kier alpha value is -2.23. The van der Waals surface area contributed by atoms with Gasteiger partial charge >= 0.3 is 0 Å². The number of nitrogens with one attached hydrogen (secondary N) is 1. The molecule has 1 aliphatic heterocycles. The number of carbonyl (C=O) groups excluding carboxylic acids is 1. The van der Waals surface area contributed by atoms with E-state index in [1.807, 2.05) is 26.0 Å². The molecule has 1 N–H and O–H groups in total. The van der Waals surface area contributed by atoms with E-state index in [4.69, 9.17) is 17.0 Å². The number of ether oxygens (including phenoxy) is 1. The van der Waals surface area contributed by atoms with Crippen molar-refractivity contribution in [1.82, 2.24) is 14.3 Å². The summed E-state index contributed by atoms with van der Waals surface area (Å²) in [6.07, 6.45) is 4.08. The Balaban J connectivity index is 1.98. The highest BCUT2D eigenvalue weighted by atomic mass is 32.2. The van der Waals surface area contributed by atoms with Crippen LogP contribution < -0.4 is 10.9 Å². The van der Waals surface area contributed by atoms with Crippen LogP contribution in [0.4, 0.5) is 5.82 Å². The van der Waals surface area contributed by atoms with Gasteiger partial charge in [-0.15, -0.1) is 0 Å². The summed E-state index contributed by atoms with van der Waals surface area (Å²) in [5.41, 5.74) is 1.65. The van der Waals surface area contributed by atoms with Crippen LogP contribution in [0.1, 0.15) is 38.3 Å². The second-order valence-corrected chi connectivity index (χ2v) is 9.45. The third-order valence-electron chi connectivity index (χ3n) is 4.71. The standard InChI is InChI=1S/C22H28N4O3S2/c1-5-29-10-6-9-25-21(28)17(31-22(25)30)11-16-19(23-12-14(2)3)24-18-8-7-15(4)13-26(18)20(16)27/h7-8,11,13-14,23H,5-6,9-10,12H2,1-4H3/b17-11-. The lowest BCUT2D eigenvalue weighted by molar-refractivity contribution is -0.122. The van der Waals surface area contributed by atoms with Gasteiger partial charge in [0.05, 0.1) is 10.5 Å². The maximum Gasteiger partial charge on any atom is 0.267 e. The molecular weight excluding hydrogens is 432 g/mol. The zero-order valence-electron chi connectivity index (χ0n) is 18.3. The molecule has 3 rings (SSSR count). The number of hydrogen-bond donors (Lipinski definition) is 1. The highest BCUT2D eigenvalue weighted by Gasteiger charge is 2.32. The number of hydrogen-bond acceptors (Lipinski definition) is 7. The molecule has 0 spiro atoms. The van der Waals surface area contributed by atoms with E-state index in [1.54, 1.807) is 17.2 Å². The van der Waals surface area contributed by atoms with Crippen LogP contribution in [-0.4, -0.2) is 50.8 Å². The number of fused-ring (bicyclic) bond motifs is 1. The van der Waals surface area contributed by atoms with Crippen molar-refractivity contribution in [3.63, 3.8) is 0 Å². The SMILES string of the molecule is CCOCCCN1C(=O)/C(=C/c2c(NCC(C)C)nc3ccc(C)cn3c2=O)SC1=S. The van der Waals surface area contributed by atoms with Crippen molar-refractivity contribution in [1.29, 1.82) is 0 Å². The van der Waals surface area contributed by atoms with Crippen LogP contribution in [0.2, 0.25) is 0 Å². The summed E-state index contributed by atoms with van der Waals surface area (Å²) in [4.78, 5) is 32.9. The molecule has 3 heterocycles. The highest BCUT2D eigenvalue weighted by molar-refractivity contribution is 8.26. The van der Waals surface area contributed by atoms with E-state index in [2.05, 4.69) is 24.1 Å². The maximum atomic E-state index is 13.3. The third kappa shape index (κ3) is 5.53. The second kappa shape index (κ2) is 10.4. The van der Waals surface area contributed by atoms with Crippen molar-refractivity contribution >= 4 is 51.7 Å². The van der Waals surface area contributed by atoms with Gasteiger partial charge in [-0.2, -0.15) is 0 Å². The Morgan fingerprint density at radius 1 is 1.32 bits per heavy atom. The molecule has 166 valence electrons. The van der Waals surface area contributed by atoms with Crippen LogP contribution in [0.3, 0.4) is 0 Å². The number of aromatic nitrogens is 2. The predicted molar refractivity (Wildman–Crippen MR) is 131 cm³/mol. The molecule has 0 radical (unpaired) electrons. The minimum atomic E-state index is -0.221. The zero-order chi connectivity index (χ0) is 22.5. The Kier molecular flexibility index (Phi) is 7.85. The lowest BCUT2D eigenvalue weighted by Gasteiger charge is -2.14. The van der Waals surface area contributed by atoms with Gasteiger partial charge in [0, 0.05) is 32.5 Å². The largest absolute Gasteiger partial charge is 0.382 e. The first-order valence-corrected chi connectivity index (χ1v) is 11.6. The molecule has 1 amide bonds. The van der Waals surface area contributed by atoms with E-state index in [1.165, 1.54) is 16.2 Å². The number of nitrogens with zero attached hydrogens (tertiary/aromatic N) is 3. The van der Waals surface area contributed by atoms with E-state index in [-0.39, 0.29) is 11.5 Å². The van der Waals surface area contributed by atoms with Crippen molar-refractivity contribution in [3.8, 4) is 0 Å². The molecule has 1 fully saturated rings. The van der Waals surface area contributed by atoms with Gasteiger partial charge in [-0.05, 0) is 43.9 Å². The molecular formula is C22H28N4O3S2. The molecule has 0 saturated carbocycles. The van der Waals surface area contributed by atoms with Crippen LogP contribution in [0.5, 0.6) is 0 Å². The summed E-state index contributed by atoms with van der Waals surface area (Å²) in [6.45, 7) is 10.4. The molecule has 9 heteroatoms. The number of rotatable bonds is 9. The van der Waals surface area contributed by atoms with Crippen molar-refractivity contribution in [2.45, 2.75) is 34.1 Å². The zero-order valence-corrected chi connectivity index (χ0v) is 19.9. The number of amides is 1. The molecule has 0 atom stereocenters. The van der Waals surface area contributed by atoms with Crippen molar-refractivity contribution < 1.29 is 9.53 Å². The van der Waals surface area contributed by atoms with Gasteiger partial charge < -0.3 is 10.1 Å². The van der Waals surface area contributed by atoms with Gasteiger partial charge in [-0.3, -0.25) is 18.9 Å². The number of aryl methyl sites for hydroxylation is 1. The van der Waals surface area contributed by atoms with E-state index < -0.39 is 0 Å². The summed E-state index contributed by atoms with van der Waals surface area (Å²) < 4.78 is 7.36. The number of thiocarbonyl (C=S) groups is 1. The average Bonchev–Trinajstić information content (AvgIpc) is 2.99. The van der Waals surface area contributed by atoms with Crippen molar-refractivity contribution in [2.24, 2.45) is 5.92 Å². The van der Waals surface area contributed by atoms with Gasteiger partial charge in [0.1, 0.15) is 15.8 Å². The van der Waals surface area contributed by atoms with E-state index in [0.717, 1.165) is 5.56 Å². The number of thioether (sulfide) groups is 1. The second-order valence-electron chi connectivity index (χ2n) is 7.77. The highest BCUT2D eigenvalue weighted by Crippen LogP contribution is 2.33. The summed E-state index contributed by atoms with van der Waals surface area (Å²) in [5.74, 6) is 0.661.